The molecule has 0 radical (unpaired) electrons. The van der Waals surface area contributed by atoms with Crippen molar-refractivity contribution in [3.05, 3.63) is 34.9 Å². The van der Waals surface area contributed by atoms with Crippen LogP contribution >= 0.6 is 0 Å². The predicted molar refractivity (Wildman–Crippen MR) is 85.9 cm³/mol. The van der Waals surface area contributed by atoms with E-state index in [1.54, 1.807) is 0 Å². The molecule has 1 aromatic carbocycles. The fraction of sp³-hybridized carbons (Fsp3) is 0.647. The molecule has 0 spiro atoms. The minimum Gasteiger partial charge on any atom is -0.329 e. The number of hydrogen-bond acceptors (Lipinski definition) is 3. The monoisotopic (exact) mass is 275 g/mol. The van der Waals surface area contributed by atoms with Crippen molar-refractivity contribution >= 4 is 0 Å². The molecule has 1 unspecified atom stereocenters. The molecule has 0 bridgehead atoms. The normalized spacial score (nSPS) is 19.2. The third kappa shape index (κ3) is 3.81. The summed E-state index contributed by atoms with van der Waals surface area (Å²) in [5, 5.41) is 0. The maximum absolute atomic E-state index is 5.85. The van der Waals surface area contributed by atoms with Crippen molar-refractivity contribution in [1.82, 2.24) is 9.80 Å². The van der Waals surface area contributed by atoms with Gasteiger partial charge in [0.05, 0.1) is 0 Å². The Bertz CT molecular complexity index is 418. The highest BCUT2D eigenvalue weighted by atomic mass is 15.3. The van der Waals surface area contributed by atoms with Crippen LogP contribution in [0.1, 0.15) is 30.0 Å². The van der Waals surface area contributed by atoms with Crippen LogP contribution in [0.15, 0.2) is 18.2 Å². The summed E-state index contributed by atoms with van der Waals surface area (Å²) in [5.41, 5.74) is 10.1. The Labute approximate surface area is 123 Å². The molecule has 1 fully saturated rings. The number of aryl methyl sites for hydroxylation is 2. The van der Waals surface area contributed by atoms with E-state index in [-0.39, 0.29) is 0 Å². The number of hydrogen-bond donors (Lipinski definition) is 1. The van der Waals surface area contributed by atoms with Crippen molar-refractivity contribution in [3.63, 3.8) is 0 Å². The van der Waals surface area contributed by atoms with Gasteiger partial charge in [-0.3, -0.25) is 9.80 Å². The highest BCUT2D eigenvalue weighted by Crippen LogP contribution is 2.14. The Morgan fingerprint density at radius 3 is 2.35 bits per heavy atom. The number of piperazine rings is 1. The lowest BCUT2D eigenvalue weighted by atomic mass is 10.1. The van der Waals surface area contributed by atoms with Crippen LogP contribution in [0.3, 0.4) is 0 Å². The maximum Gasteiger partial charge on any atom is 0.0234 e. The number of nitrogens with zero attached hydrogens (tertiary/aromatic N) is 2. The molecule has 0 saturated carbocycles. The fourth-order valence-electron chi connectivity index (χ4n) is 3.02. The molecule has 0 amide bonds. The molecule has 112 valence electrons. The summed E-state index contributed by atoms with van der Waals surface area (Å²) in [6, 6.07) is 7.40. The van der Waals surface area contributed by atoms with E-state index in [0.29, 0.717) is 6.04 Å². The molecule has 2 rings (SSSR count). The van der Waals surface area contributed by atoms with Crippen LogP contribution < -0.4 is 5.73 Å². The van der Waals surface area contributed by atoms with Gasteiger partial charge in [0.15, 0.2) is 0 Å². The van der Waals surface area contributed by atoms with E-state index in [2.05, 4.69) is 48.8 Å². The summed E-state index contributed by atoms with van der Waals surface area (Å²) in [6.45, 7) is 13.1. The van der Waals surface area contributed by atoms with Crippen LogP contribution in [0.2, 0.25) is 0 Å². The average molecular weight is 275 g/mol. The standard InChI is InChI=1S/C17H29N3/c1-4-17(12-18)20-9-7-19(8-10-20)13-16-6-5-14(2)15(3)11-16/h5-6,11,17H,4,7-10,12-13,18H2,1-3H3. The lowest BCUT2D eigenvalue weighted by Gasteiger charge is -2.38. The number of benzene rings is 1. The molecule has 2 N–H and O–H groups in total. The molecule has 20 heavy (non-hydrogen) atoms. The molecule has 0 aliphatic carbocycles. The Hall–Kier alpha value is -0.900. The van der Waals surface area contributed by atoms with Crippen molar-refractivity contribution in [2.75, 3.05) is 32.7 Å². The number of nitrogens with two attached hydrogens (primary N) is 1. The molecule has 0 aromatic heterocycles. The van der Waals surface area contributed by atoms with E-state index in [9.17, 15) is 0 Å². The summed E-state index contributed by atoms with van der Waals surface area (Å²) in [4.78, 5) is 5.11. The smallest absolute Gasteiger partial charge is 0.0234 e. The van der Waals surface area contributed by atoms with Crippen molar-refractivity contribution in [2.24, 2.45) is 5.73 Å². The van der Waals surface area contributed by atoms with Crippen LogP contribution in [0.5, 0.6) is 0 Å². The van der Waals surface area contributed by atoms with Gasteiger partial charge in [0.25, 0.3) is 0 Å². The lowest BCUT2D eigenvalue weighted by Crippen LogP contribution is -2.51. The summed E-state index contributed by atoms with van der Waals surface area (Å²) in [6.07, 6.45) is 1.16. The fourth-order valence-corrected chi connectivity index (χ4v) is 3.02. The molecule has 1 aliphatic rings. The third-order valence-corrected chi connectivity index (χ3v) is 4.64. The van der Waals surface area contributed by atoms with Crippen molar-refractivity contribution < 1.29 is 0 Å². The zero-order chi connectivity index (χ0) is 14.5. The van der Waals surface area contributed by atoms with Gasteiger partial charge in [-0.15, -0.1) is 0 Å². The maximum atomic E-state index is 5.85. The second kappa shape index (κ2) is 7.21. The molecule has 3 heteroatoms. The van der Waals surface area contributed by atoms with Gasteiger partial charge in [-0.25, -0.2) is 0 Å². The van der Waals surface area contributed by atoms with E-state index in [4.69, 9.17) is 5.73 Å². The highest BCUT2D eigenvalue weighted by Gasteiger charge is 2.21. The van der Waals surface area contributed by atoms with Gasteiger partial charge in [0.2, 0.25) is 0 Å². The van der Waals surface area contributed by atoms with Crippen LogP contribution in [-0.4, -0.2) is 48.6 Å². The summed E-state index contributed by atoms with van der Waals surface area (Å²) < 4.78 is 0. The first-order valence-electron chi connectivity index (χ1n) is 7.86. The first-order valence-corrected chi connectivity index (χ1v) is 7.86. The second-order valence-electron chi connectivity index (χ2n) is 6.03. The molecular formula is C17H29N3. The molecule has 1 saturated heterocycles. The molecule has 1 aliphatic heterocycles. The van der Waals surface area contributed by atoms with Crippen LogP contribution in [-0.2, 0) is 6.54 Å². The van der Waals surface area contributed by atoms with Gasteiger partial charge in [0, 0.05) is 45.3 Å². The van der Waals surface area contributed by atoms with Gasteiger partial charge in [-0.05, 0) is 37.0 Å². The lowest BCUT2D eigenvalue weighted by molar-refractivity contribution is 0.0926. The van der Waals surface area contributed by atoms with E-state index < -0.39 is 0 Å². The van der Waals surface area contributed by atoms with Gasteiger partial charge in [0.1, 0.15) is 0 Å². The predicted octanol–water partition coefficient (Wildman–Crippen LogP) is 2.16. The summed E-state index contributed by atoms with van der Waals surface area (Å²) >= 11 is 0. The number of rotatable bonds is 5. The first-order chi connectivity index (χ1) is 9.63. The average Bonchev–Trinajstić information content (AvgIpc) is 2.46. The Morgan fingerprint density at radius 1 is 1.10 bits per heavy atom. The minimum atomic E-state index is 0.568. The van der Waals surface area contributed by atoms with Crippen LogP contribution in [0.25, 0.3) is 0 Å². The van der Waals surface area contributed by atoms with Crippen LogP contribution in [0.4, 0.5) is 0 Å². The van der Waals surface area contributed by atoms with Gasteiger partial charge < -0.3 is 5.73 Å². The first kappa shape index (κ1) is 15.5. The minimum absolute atomic E-state index is 0.568. The Kier molecular flexibility index (Phi) is 5.58. The molecule has 3 nitrogen and oxygen atoms in total. The van der Waals surface area contributed by atoms with E-state index in [0.717, 1.165) is 45.7 Å². The third-order valence-electron chi connectivity index (χ3n) is 4.64. The van der Waals surface area contributed by atoms with Gasteiger partial charge in [-0.1, -0.05) is 25.1 Å². The van der Waals surface area contributed by atoms with E-state index in [1.165, 1.54) is 16.7 Å². The highest BCUT2D eigenvalue weighted by molar-refractivity contribution is 5.29. The van der Waals surface area contributed by atoms with Crippen LogP contribution in [0, 0.1) is 13.8 Å². The molecular weight excluding hydrogens is 246 g/mol. The van der Waals surface area contributed by atoms with Gasteiger partial charge >= 0.3 is 0 Å². The zero-order valence-corrected chi connectivity index (χ0v) is 13.2. The van der Waals surface area contributed by atoms with Crippen molar-refractivity contribution in [1.29, 1.82) is 0 Å². The van der Waals surface area contributed by atoms with E-state index in [1.807, 2.05) is 0 Å². The van der Waals surface area contributed by atoms with E-state index >= 15 is 0 Å². The largest absolute Gasteiger partial charge is 0.329 e. The van der Waals surface area contributed by atoms with Gasteiger partial charge in [-0.2, -0.15) is 0 Å². The summed E-state index contributed by atoms with van der Waals surface area (Å²) in [5.74, 6) is 0. The quantitative estimate of drug-likeness (QED) is 0.894. The second-order valence-corrected chi connectivity index (χ2v) is 6.03. The SMILES string of the molecule is CCC(CN)N1CCN(Cc2ccc(C)c(C)c2)CC1. The topological polar surface area (TPSA) is 32.5 Å². The van der Waals surface area contributed by atoms with Crippen molar-refractivity contribution in [2.45, 2.75) is 39.8 Å². The Morgan fingerprint density at radius 2 is 1.80 bits per heavy atom. The summed E-state index contributed by atoms with van der Waals surface area (Å²) in [7, 11) is 0. The zero-order valence-electron chi connectivity index (χ0n) is 13.2. The molecule has 1 atom stereocenters. The molecule has 1 aromatic rings. The van der Waals surface area contributed by atoms with Crippen molar-refractivity contribution in [3.8, 4) is 0 Å². The Balaban J connectivity index is 1.86. The molecule has 1 heterocycles.